The molecule has 8 N–H and O–H groups in total. The first kappa shape index (κ1) is 31.1. The first-order valence-corrected chi connectivity index (χ1v) is 16.0. The molecule has 14 heteroatoms. The van der Waals surface area contributed by atoms with E-state index in [0.717, 1.165) is 42.1 Å². The van der Waals surface area contributed by atoms with E-state index in [1.807, 2.05) is 37.3 Å². The molecule has 2 unspecified atom stereocenters. The molecule has 0 bridgehead atoms. The van der Waals surface area contributed by atoms with Crippen LogP contribution in [0.15, 0.2) is 70.0 Å². The number of nitrogens with zero attached hydrogens (tertiary/aromatic N) is 3. The molecule has 5 rings (SSSR count). The van der Waals surface area contributed by atoms with Gasteiger partial charge >= 0.3 is 0 Å². The molecule has 1 saturated heterocycles. The summed E-state index contributed by atoms with van der Waals surface area (Å²) in [7, 11) is -3.77. The number of thiocarbonyl (C=S) groups is 1. The van der Waals surface area contributed by atoms with Gasteiger partial charge in [-0.15, -0.1) is 0 Å². The Labute approximate surface area is 261 Å². The van der Waals surface area contributed by atoms with Crippen molar-refractivity contribution in [2.24, 2.45) is 22.7 Å². The molecule has 4 aromatic rings. The Morgan fingerprint density at radius 3 is 2.61 bits per heavy atom. The number of hydrogen-bond acceptors (Lipinski definition) is 9. The lowest BCUT2D eigenvalue weighted by atomic mass is 9.95. The van der Waals surface area contributed by atoms with Crippen molar-refractivity contribution in [3.8, 4) is 0 Å². The number of nitrogens with one attached hydrogen (secondary N) is 4. The van der Waals surface area contributed by atoms with Crippen molar-refractivity contribution in [2.75, 3.05) is 42.1 Å². The van der Waals surface area contributed by atoms with E-state index in [0.29, 0.717) is 41.4 Å². The van der Waals surface area contributed by atoms with Crippen LogP contribution in [-0.4, -0.2) is 60.4 Å². The van der Waals surface area contributed by atoms with Gasteiger partial charge in [0.1, 0.15) is 23.0 Å². The van der Waals surface area contributed by atoms with Gasteiger partial charge in [-0.05, 0) is 92.1 Å². The number of fused-ring (bicyclic) bond motifs is 1. The Bertz CT molecular complexity index is 1820. The summed E-state index contributed by atoms with van der Waals surface area (Å²) in [6, 6.07) is 15.3. The van der Waals surface area contributed by atoms with E-state index in [-0.39, 0.29) is 15.8 Å². The maximum Gasteiger partial charge on any atom is 0.238 e. The van der Waals surface area contributed by atoms with E-state index in [1.54, 1.807) is 18.2 Å². The molecule has 0 aliphatic carbocycles. The van der Waals surface area contributed by atoms with Gasteiger partial charge in [-0.1, -0.05) is 13.0 Å². The number of likely N-dealkylation sites (tertiary alicyclic amines) is 1. The van der Waals surface area contributed by atoms with Crippen LogP contribution in [0.4, 0.5) is 17.5 Å². The number of amidine groups is 1. The van der Waals surface area contributed by atoms with Crippen molar-refractivity contribution in [3.63, 3.8) is 0 Å². The predicted octanol–water partition coefficient (Wildman–Crippen LogP) is 3.96. The first-order chi connectivity index (χ1) is 21.0. The molecule has 2 atom stereocenters. The predicted molar refractivity (Wildman–Crippen MR) is 178 cm³/mol. The second kappa shape index (κ2) is 13.1. The monoisotopic (exact) mass is 633 g/mol. The number of aromatic nitrogens is 2. The topological polar surface area (TPSA) is 188 Å². The van der Waals surface area contributed by atoms with Crippen molar-refractivity contribution in [1.29, 1.82) is 5.41 Å². The Morgan fingerprint density at radius 2 is 1.91 bits per heavy atom. The highest BCUT2D eigenvalue weighted by Crippen LogP contribution is 2.28. The zero-order valence-electron chi connectivity index (χ0n) is 24.4. The standard InChI is InChI=1S/C30H35N9O3S2/c1-3-39-16-20(4-8-24-14-21-13-19(28(31)32)5-11-26(21)42-24)22(17-39)15-34-27-12-18(2)35-29(37-27)38-30(43)36-23-6-9-25(10-7-23)44(33,40)41/h4-14,20,22H,3,15-17H2,1-2H3,(H3,31,32)(H2,33,40,41)(H3,34,35,36,37,38,43). The van der Waals surface area contributed by atoms with Crippen LogP contribution in [0.5, 0.6) is 0 Å². The Kier molecular flexibility index (Phi) is 9.25. The normalized spacial score (nSPS) is 17.2. The van der Waals surface area contributed by atoms with Crippen LogP contribution in [0.1, 0.15) is 23.9 Å². The van der Waals surface area contributed by atoms with Gasteiger partial charge in [-0.3, -0.25) is 5.41 Å². The van der Waals surface area contributed by atoms with Crippen molar-refractivity contribution >= 4 is 67.7 Å². The van der Waals surface area contributed by atoms with E-state index < -0.39 is 10.0 Å². The third-order valence-electron chi connectivity index (χ3n) is 7.43. The van der Waals surface area contributed by atoms with Crippen LogP contribution < -0.4 is 26.8 Å². The van der Waals surface area contributed by atoms with Gasteiger partial charge in [0.05, 0.1) is 4.90 Å². The number of primary sulfonamides is 1. The molecule has 1 fully saturated rings. The maximum atomic E-state index is 11.5. The first-order valence-electron chi connectivity index (χ1n) is 14.1. The van der Waals surface area contributed by atoms with Crippen molar-refractivity contribution in [3.05, 3.63) is 77.7 Å². The van der Waals surface area contributed by atoms with Gasteiger partial charge in [0.2, 0.25) is 16.0 Å². The van der Waals surface area contributed by atoms with Crippen LogP contribution >= 0.6 is 12.2 Å². The summed E-state index contributed by atoms with van der Waals surface area (Å²) in [5, 5.41) is 23.5. The third kappa shape index (κ3) is 7.77. The molecular formula is C30H35N9O3S2. The van der Waals surface area contributed by atoms with E-state index in [4.69, 9.17) is 32.9 Å². The Balaban J connectivity index is 1.22. The second-order valence-corrected chi connectivity index (χ2v) is 12.7. The largest absolute Gasteiger partial charge is 0.457 e. The molecular weight excluding hydrogens is 599 g/mol. The number of furan rings is 1. The molecule has 0 spiro atoms. The van der Waals surface area contributed by atoms with E-state index in [9.17, 15) is 8.42 Å². The molecule has 1 aliphatic rings. The van der Waals surface area contributed by atoms with Crippen LogP contribution in [0.2, 0.25) is 0 Å². The van der Waals surface area contributed by atoms with E-state index in [1.165, 1.54) is 12.1 Å². The van der Waals surface area contributed by atoms with Gasteiger partial charge in [0, 0.05) is 48.0 Å². The number of benzene rings is 2. The van der Waals surface area contributed by atoms with Gasteiger partial charge in [-0.2, -0.15) is 4.98 Å². The fraction of sp³-hybridized carbons (Fsp3) is 0.267. The molecule has 3 heterocycles. The SMILES string of the molecule is CCN1CC(C=Cc2cc3cc(C(=N)N)ccc3o2)C(CNc2cc(C)nc(NC(=S)Nc3ccc(S(N)(=O)=O)cc3)n2)C1. The number of nitrogens with two attached hydrogens (primary N) is 2. The smallest absolute Gasteiger partial charge is 0.238 e. The third-order valence-corrected chi connectivity index (χ3v) is 8.57. The fourth-order valence-corrected chi connectivity index (χ4v) is 5.88. The van der Waals surface area contributed by atoms with Crippen LogP contribution in [0.3, 0.4) is 0 Å². The highest BCUT2D eigenvalue weighted by molar-refractivity contribution is 7.89. The Morgan fingerprint density at radius 1 is 1.14 bits per heavy atom. The molecule has 2 aromatic carbocycles. The lowest BCUT2D eigenvalue weighted by Crippen LogP contribution is -2.24. The molecule has 44 heavy (non-hydrogen) atoms. The van der Waals surface area contributed by atoms with Crippen LogP contribution in [-0.2, 0) is 10.0 Å². The van der Waals surface area contributed by atoms with Crippen LogP contribution in [0.25, 0.3) is 17.0 Å². The highest BCUT2D eigenvalue weighted by atomic mass is 32.2. The second-order valence-electron chi connectivity index (χ2n) is 10.7. The average molecular weight is 634 g/mol. The lowest BCUT2D eigenvalue weighted by molar-refractivity contribution is 0.343. The minimum absolute atomic E-state index is 0.0143. The lowest BCUT2D eigenvalue weighted by Gasteiger charge is -2.17. The van der Waals surface area contributed by atoms with Crippen molar-refractivity contribution in [2.45, 2.75) is 18.7 Å². The summed E-state index contributed by atoms with van der Waals surface area (Å²) < 4.78 is 29.0. The van der Waals surface area contributed by atoms with Gasteiger partial charge < -0.3 is 31.0 Å². The van der Waals surface area contributed by atoms with E-state index >= 15 is 0 Å². The summed E-state index contributed by atoms with van der Waals surface area (Å²) in [6.45, 7) is 7.63. The summed E-state index contributed by atoms with van der Waals surface area (Å²) >= 11 is 5.41. The zero-order chi connectivity index (χ0) is 31.4. The minimum atomic E-state index is -3.77. The summed E-state index contributed by atoms with van der Waals surface area (Å²) in [4.78, 5) is 11.5. The Hall–Kier alpha value is -4.37. The highest BCUT2D eigenvalue weighted by Gasteiger charge is 2.30. The van der Waals surface area contributed by atoms with E-state index in [2.05, 4.69) is 43.8 Å². The quantitative estimate of drug-likeness (QED) is 0.0842. The molecule has 1 aliphatic heterocycles. The molecule has 2 aromatic heterocycles. The summed E-state index contributed by atoms with van der Waals surface area (Å²) in [5.74, 6) is 2.45. The molecule has 230 valence electrons. The number of anilines is 3. The van der Waals surface area contributed by atoms with Crippen molar-refractivity contribution in [1.82, 2.24) is 14.9 Å². The van der Waals surface area contributed by atoms with Crippen LogP contribution in [0, 0.1) is 24.2 Å². The molecule has 0 saturated carbocycles. The maximum absolute atomic E-state index is 11.5. The number of rotatable bonds is 10. The fourth-order valence-electron chi connectivity index (χ4n) is 5.16. The summed E-state index contributed by atoms with van der Waals surface area (Å²) in [6.07, 6.45) is 4.24. The van der Waals surface area contributed by atoms with Crippen molar-refractivity contribution < 1.29 is 12.8 Å². The zero-order valence-corrected chi connectivity index (χ0v) is 26.0. The average Bonchev–Trinajstić information content (AvgIpc) is 3.57. The minimum Gasteiger partial charge on any atom is -0.457 e. The van der Waals surface area contributed by atoms with Gasteiger partial charge in [0.15, 0.2) is 5.11 Å². The summed E-state index contributed by atoms with van der Waals surface area (Å²) in [5.41, 5.74) is 8.41. The van der Waals surface area contributed by atoms with Gasteiger partial charge in [0.25, 0.3) is 0 Å². The number of nitrogen functional groups attached to an aromatic ring is 1. The molecule has 0 amide bonds. The van der Waals surface area contributed by atoms with Gasteiger partial charge in [-0.25, -0.2) is 18.5 Å². The number of sulfonamides is 1. The number of aryl methyl sites for hydroxylation is 1. The molecule has 12 nitrogen and oxygen atoms in total. The molecule has 0 radical (unpaired) electrons. The number of hydrogen-bond donors (Lipinski definition) is 6.